The largest absolute Gasteiger partial charge is 0.384 e. The summed E-state index contributed by atoms with van der Waals surface area (Å²) < 4.78 is 0. The SMILES string of the molecule is CN1CCCC1CNC(=O)c1ccnc(N)c1. The van der Waals surface area contributed by atoms with Gasteiger partial charge in [-0.25, -0.2) is 4.98 Å². The predicted molar refractivity (Wildman–Crippen MR) is 66.6 cm³/mol. The minimum absolute atomic E-state index is 0.0839. The molecule has 5 nitrogen and oxygen atoms in total. The molecule has 1 aliphatic heterocycles. The van der Waals surface area contributed by atoms with Gasteiger partial charge in [-0.05, 0) is 38.6 Å². The first-order valence-electron chi connectivity index (χ1n) is 5.87. The molecule has 17 heavy (non-hydrogen) atoms. The second-order valence-electron chi connectivity index (χ2n) is 4.46. The van der Waals surface area contributed by atoms with Gasteiger partial charge in [0.25, 0.3) is 5.91 Å². The minimum Gasteiger partial charge on any atom is -0.384 e. The maximum absolute atomic E-state index is 11.8. The number of nitrogens with two attached hydrogens (primary N) is 1. The monoisotopic (exact) mass is 234 g/mol. The Balaban J connectivity index is 1.89. The number of rotatable bonds is 3. The van der Waals surface area contributed by atoms with Gasteiger partial charge in [0.2, 0.25) is 0 Å². The lowest BCUT2D eigenvalue weighted by Crippen LogP contribution is -2.38. The Kier molecular flexibility index (Phi) is 3.58. The van der Waals surface area contributed by atoms with Crippen molar-refractivity contribution in [1.82, 2.24) is 15.2 Å². The van der Waals surface area contributed by atoms with Crippen LogP contribution in [-0.4, -0.2) is 42.0 Å². The molecule has 2 rings (SSSR count). The van der Waals surface area contributed by atoms with Gasteiger partial charge in [-0.15, -0.1) is 0 Å². The van der Waals surface area contributed by atoms with E-state index in [0.717, 1.165) is 13.0 Å². The highest BCUT2D eigenvalue weighted by Crippen LogP contribution is 2.13. The number of pyridine rings is 1. The first-order chi connectivity index (χ1) is 8.16. The molecule has 1 saturated heterocycles. The predicted octanol–water partition coefficient (Wildman–Crippen LogP) is 0.488. The van der Waals surface area contributed by atoms with E-state index < -0.39 is 0 Å². The molecule has 0 spiro atoms. The van der Waals surface area contributed by atoms with Crippen molar-refractivity contribution in [3.8, 4) is 0 Å². The summed E-state index contributed by atoms with van der Waals surface area (Å²) in [7, 11) is 2.09. The number of aromatic nitrogens is 1. The zero-order valence-electron chi connectivity index (χ0n) is 10.0. The highest BCUT2D eigenvalue weighted by Gasteiger charge is 2.21. The molecule has 1 aromatic heterocycles. The third-order valence-corrected chi connectivity index (χ3v) is 3.21. The molecule has 0 aromatic carbocycles. The number of anilines is 1. The second-order valence-corrected chi connectivity index (χ2v) is 4.46. The van der Waals surface area contributed by atoms with Crippen LogP contribution in [0.15, 0.2) is 18.3 Å². The molecule has 1 amide bonds. The second kappa shape index (κ2) is 5.14. The molecule has 1 atom stereocenters. The van der Waals surface area contributed by atoms with Crippen molar-refractivity contribution >= 4 is 11.7 Å². The van der Waals surface area contributed by atoms with Crippen LogP contribution in [0, 0.1) is 0 Å². The van der Waals surface area contributed by atoms with Gasteiger partial charge < -0.3 is 16.0 Å². The standard InChI is InChI=1S/C12H18N4O/c1-16-6-2-3-10(16)8-15-12(17)9-4-5-14-11(13)7-9/h4-5,7,10H,2-3,6,8H2,1H3,(H2,13,14)(H,15,17). The normalized spacial score (nSPS) is 20.4. The molecule has 3 N–H and O–H groups in total. The third kappa shape index (κ3) is 2.94. The number of hydrogen-bond acceptors (Lipinski definition) is 4. The summed E-state index contributed by atoms with van der Waals surface area (Å²) in [6.45, 7) is 1.81. The van der Waals surface area contributed by atoms with Crippen LogP contribution in [0.2, 0.25) is 0 Å². The molecule has 1 aromatic rings. The van der Waals surface area contributed by atoms with Crippen molar-refractivity contribution < 1.29 is 4.79 Å². The van der Waals surface area contributed by atoms with E-state index >= 15 is 0 Å². The van der Waals surface area contributed by atoms with Gasteiger partial charge in [-0.1, -0.05) is 0 Å². The summed E-state index contributed by atoms with van der Waals surface area (Å²) in [6.07, 6.45) is 3.90. The van der Waals surface area contributed by atoms with Crippen LogP contribution in [0.5, 0.6) is 0 Å². The van der Waals surface area contributed by atoms with Crippen LogP contribution in [0.4, 0.5) is 5.82 Å². The first-order valence-corrected chi connectivity index (χ1v) is 5.87. The van der Waals surface area contributed by atoms with Gasteiger partial charge in [0.1, 0.15) is 5.82 Å². The summed E-state index contributed by atoms with van der Waals surface area (Å²) in [4.78, 5) is 18.0. The van der Waals surface area contributed by atoms with E-state index in [0.29, 0.717) is 24.0 Å². The van der Waals surface area contributed by atoms with Gasteiger partial charge in [0.15, 0.2) is 0 Å². The Labute approximate surface area is 101 Å². The molecule has 0 radical (unpaired) electrons. The van der Waals surface area contributed by atoms with Crippen molar-refractivity contribution in [2.24, 2.45) is 0 Å². The number of hydrogen-bond donors (Lipinski definition) is 2. The van der Waals surface area contributed by atoms with E-state index in [1.165, 1.54) is 6.42 Å². The average Bonchev–Trinajstić information content (AvgIpc) is 2.72. The van der Waals surface area contributed by atoms with Crippen LogP contribution in [0.25, 0.3) is 0 Å². The van der Waals surface area contributed by atoms with Crippen LogP contribution < -0.4 is 11.1 Å². The van der Waals surface area contributed by atoms with E-state index in [4.69, 9.17) is 5.73 Å². The molecule has 5 heteroatoms. The Hall–Kier alpha value is -1.62. The van der Waals surface area contributed by atoms with Crippen molar-refractivity contribution in [3.05, 3.63) is 23.9 Å². The highest BCUT2D eigenvalue weighted by atomic mass is 16.1. The van der Waals surface area contributed by atoms with Crippen LogP contribution in [0.1, 0.15) is 23.2 Å². The molecule has 92 valence electrons. The van der Waals surface area contributed by atoms with Gasteiger partial charge in [0, 0.05) is 24.3 Å². The van der Waals surface area contributed by atoms with Crippen molar-refractivity contribution in [1.29, 1.82) is 0 Å². The fourth-order valence-corrected chi connectivity index (χ4v) is 2.14. The topological polar surface area (TPSA) is 71.2 Å². The number of likely N-dealkylation sites (tertiary alicyclic amines) is 1. The molecule has 0 aliphatic carbocycles. The number of likely N-dealkylation sites (N-methyl/N-ethyl adjacent to an activating group) is 1. The Morgan fingerprint density at radius 3 is 3.18 bits per heavy atom. The summed E-state index contributed by atoms with van der Waals surface area (Å²) >= 11 is 0. The van der Waals surface area contributed by atoms with Crippen molar-refractivity contribution in [2.45, 2.75) is 18.9 Å². The third-order valence-electron chi connectivity index (χ3n) is 3.21. The molecule has 1 aliphatic rings. The Morgan fingerprint density at radius 1 is 1.71 bits per heavy atom. The molecule has 1 unspecified atom stereocenters. The van der Waals surface area contributed by atoms with Gasteiger partial charge >= 0.3 is 0 Å². The fourth-order valence-electron chi connectivity index (χ4n) is 2.14. The van der Waals surface area contributed by atoms with Crippen LogP contribution in [-0.2, 0) is 0 Å². The molecular formula is C12H18N4O. The van der Waals surface area contributed by atoms with E-state index in [9.17, 15) is 4.79 Å². The van der Waals surface area contributed by atoms with E-state index in [2.05, 4.69) is 22.2 Å². The Bertz CT molecular complexity index is 407. The zero-order chi connectivity index (χ0) is 12.3. The maximum atomic E-state index is 11.8. The number of nitrogens with zero attached hydrogens (tertiary/aromatic N) is 2. The smallest absolute Gasteiger partial charge is 0.251 e. The quantitative estimate of drug-likeness (QED) is 0.798. The Morgan fingerprint density at radius 2 is 2.53 bits per heavy atom. The van der Waals surface area contributed by atoms with Crippen molar-refractivity contribution in [3.63, 3.8) is 0 Å². The van der Waals surface area contributed by atoms with E-state index in [-0.39, 0.29) is 5.91 Å². The molecule has 2 heterocycles. The number of carbonyl (C=O) groups excluding carboxylic acids is 1. The van der Waals surface area contributed by atoms with Gasteiger partial charge in [-0.3, -0.25) is 4.79 Å². The van der Waals surface area contributed by atoms with Gasteiger partial charge in [0.05, 0.1) is 0 Å². The summed E-state index contributed by atoms with van der Waals surface area (Å²) in [5.74, 6) is 0.287. The van der Waals surface area contributed by atoms with Crippen LogP contribution in [0.3, 0.4) is 0 Å². The minimum atomic E-state index is -0.0839. The summed E-state index contributed by atoms with van der Waals surface area (Å²) in [6, 6.07) is 3.72. The fraction of sp³-hybridized carbons (Fsp3) is 0.500. The van der Waals surface area contributed by atoms with E-state index in [1.807, 2.05) is 0 Å². The van der Waals surface area contributed by atoms with Crippen LogP contribution >= 0.6 is 0 Å². The maximum Gasteiger partial charge on any atom is 0.251 e. The zero-order valence-corrected chi connectivity index (χ0v) is 10.0. The number of carbonyl (C=O) groups is 1. The van der Waals surface area contributed by atoms with E-state index in [1.54, 1.807) is 18.3 Å². The first kappa shape index (κ1) is 11.9. The lowest BCUT2D eigenvalue weighted by Gasteiger charge is -2.19. The molecule has 0 saturated carbocycles. The molecule has 1 fully saturated rings. The summed E-state index contributed by atoms with van der Waals surface area (Å²) in [5, 5.41) is 2.93. The molecular weight excluding hydrogens is 216 g/mol. The highest BCUT2D eigenvalue weighted by molar-refractivity contribution is 5.94. The summed E-state index contributed by atoms with van der Waals surface area (Å²) in [5.41, 5.74) is 6.11. The number of nitrogens with one attached hydrogen (secondary N) is 1. The number of amides is 1. The average molecular weight is 234 g/mol. The lowest BCUT2D eigenvalue weighted by atomic mass is 10.2. The lowest BCUT2D eigenvalue weighted by molar-refractivity contribution is 0.0943. The molecule has 0 bridgehead atoms. The number of nitrogen functional groups attached to an aromatic ring is 1. The van der Waals surface area contributed by atoms with Gasteiger partial charge in [-0.2, -0.15) is 0 Å². The van der Waals surface area contributed by atoms with Crippen molar-refractivity contribution in [2.75, 3.05) is 25.9 Å².